The highest BCUT2D eigenvalue weighted by molar-refractivity contribution is 5.62. The van der Waals surface area contributed by atoms with E-state index in [4.69, 9.17) is 20.9 Å². The minimum absolute atomic E-state index is 0.280. The Hall–Kier alpha value is -1.84. The lowest BCUT2D eigenvalue weighted by atomic mass is 10.1. The second kappa shape index (κ2) is 3.49. The number of hydrogen-bond acceptors (Lipinski definition) is 4. The van der Waals surface area contributed by atoms with Gasteiger partial charge < -0.3 is 20.9 Å². The highest BCUT2D eigenvalue weighted by Gasteiger charge is 2.11. The Labute approximate surface area is 82.1 Å². The number of ether oxygens (including phenoxy) is 2. The van der Waals surface area contributed by atoms with Gasteiger partial charge in [0.1, 0.15) is 12.0 Å². The van der Waals surface area contributed by atoms with E-state index in [9.17, 15) is 0 Å². The van der Waals surface area contributed by atoms with Crippen molar-refractivity contribution in [3.63, 3.8) is 0 Å². The molecular weight excluding hydrogens is 180 g/mol. The summed E-state index contributed by atoms with van der Waals surface area (Å²) in [6.07, 6.45) is 2.17. The third-order valence-corrected chi connectivity index (χ3v) is 2.13. The van der Waals surface area contributed by atoms with E-state index in [1.807, 2.05) is 18.2 Å². The Kier molecular flexibility index (Phi) is 2.18. The topological polar surface area (TPSA) is 70.5 Å². The van der Waals surface area contributed by atoms with E-state index >= 15 is 0 Å². The molecule has 0 aromatic heterocycles. The standard InChI is InChI=1S/C10H12N2O2/c11-9-2-1-3-10(12)8(9)4-7-5-13-6-14-7/h1-3,5H,4,6,11-12H2. The summed E-state index contributed by atoms with van der Waals surface area (Å²) in [6.45, 7) is 0.280. The molecule has 1 aliphatic heterocycles. The van der Waals surface area contributed by atoms with Crippen molar-refractivity contribution >= 4 is 11.4 Å². The fourth-order valence-corrected chi connectivity index (χ4v) is 1.37. The first-order chi connectivity index (χ1) is 6.77. The van der Waals surface area contributed by atoms with Gasteiger partial charge in [-0.3, -0.25) is 0 Å². The van der Waals surface area contributed by atoms with E-state index in [2.05, 4.69) is 0 Å². The quantitative estimate of drug-likeness (QED) is 0.691. The normalized spacial score (nSPS) is 14.4. The minimum Gasteiger partial charge on any atom is -0.462 e. The summed E-state index contributed by atoms with van der Waals surface area (Å²) < 4.78 is 10.1. The predicted octanol–water partition coefficient (Wildman–Crippen LogP) is 1.24. The molecule has 0 aliphatic carbocycles. The van der Waals surface area contributed by atoms with Crippen LogP contribution in [0.15, 0.2) is 30.2 Å². The lowest BCUT2D eigenvalue weighted by Crippen LogP contribution is -2.02. The average molecular weight is 192 g/mol. The molecule has 0 atom stereocenters. The first-order valence-electron chi connectivity index (χ1n) is 4.33. The van der Waals surface area contributed by atoms with Gasteiger partial charge in [-0.15, -0.1) is 0 Å². The van der Waals surface area contributed by atoms with Crippen LogP contribution in [0.25, 0.3) is 0 Å². The number of allylic oxidation sites excluding steroid dienone is 1. The van der Waals surface area contributed by atoms with Crippen molar-refractivity contribution in [2.75, 3.05) is 18.3 Å². The number of nitrogens with two attached hydrogens (primary N) is 2. The van der Waals surface area contributed by atoms with Gasteiger partial charge in [-0.05, 0) is 12.1 Å². The molecule has 74 valence electrons. The van der Waals surface area contributed by atoms with Crippen molar-refractivity contribution in [3.05, 3.63) is 35.8 Å². The number of hydrogen-bond donors (Lipinski definition) is 2. The van der Waals surface area contributed by atoms with Crippen LogP contribution in [0, 0.1) is 0 Å². The summed E-state index contributed by atoms with van der Waals surface area (Å²) in [7, 11) is 0. The van der Waals surface area contributed by atoms with Crippen LogP contribution in [0.2, 0.25) is 0 Å². The molecule has 0 fully saturated rings. The Morgan fingerprint density at radius 3 is 2.50 bits per heavy atom. The van der Waals surface area contributed by atoms with Crippen LogP contribution >= 0.6 is 0 Å². The van der Waals surface area contributed by atoms with E-state index in [-0.39, 0.29) is 6.79 Å². The van der Waals surface area contributed by atoms with E-state index in [0.29, 0.717) is 17.8 Å². The molecule has 0 spiro atoms. The van der Waals surface area contributed by atoms with Crippen molar-refractivity contribution in [2.45, 2.75) is 6.42 Å². The van der Waals surface area contributed by atoms with Gasteiger partial charge in [-0.2, -0.15) is 0 Å². The Bertz CT molecular complexity index is 354. The summed E-state index contributed by atoms with van der Waals surface area (Å²) in [4.78, 5) is 0. The monoisotopic (exact) mass is 192 g/mol. The van der Waals surface area contributed by atoms with Gasteiger partial charge in [0.2, 0.25) is 6.79 Å². The maximum absolute atomic E-state index is 5.80. The minimum atomic E-state index is 0.280. The van der Waals surface area contributed by atoms with Gasteiger partial charge >= 0.3 is 0 Å². The highest BCUT2D eigenvalue weighted by Crippen LogP contribution is 2.24. The van der Waals surface area contributed by atoms with Crippen LogP contribution in [0.5, 0.6) is 0 Å². The van der Waals surface area contributed by atoms with E-state index in [1.54, 1.807) is 6.26 Å². The molecule has 4 N–H and O–H groups in total. The highest BCUT2D eigenvalue weighted by atomic mass is 16.7. The maximum Gasteiger partial charge on any atom is 0.229 e. The SMILES string of the molecule is Nc1cccc(N)c1CC1=COCO1. The third kappa shape index (κ3) is 1.59. The molecule has 1 aromatic rings. The van der Waals surface area contributed by atoms with E-state index in [1.165, 1.54) is 0 Å². The van der Waals surface area contributed by atoms with Crippen LogP contribution < -0.4 is 11.5 Å². The lowest BCUT2D eigenvalue weighted by Gasteiger charge is -2.08. The smallest absolute Gasteiger partial charge is 0.229 e. The van der Waals surface area contributed by atoms with Crippen molar-refractivity contribution in [1.29, 1.82) is 0 Å². The molecule has 0 saturated heterocycles. The van der Waals surface area contributed by atoms with E-state index in [0.717, 1.165) is 11.3 Å². The molecule has 1 aromatic carbocycles. The molecule has 4 nitrogen and oxygen atoms in total. The summed E-state index contributed by atoms with van der Waals surface area (Å²) >= 11 is 0. The molecule has 0 amide bonds. The molecular formula is C10H12N2O2. The molecule has 0 radical (unpaired) electrons. The van der Waals surface area contributed by atoms with Gasteiger partial charge in [0, 0.05) is 23.4 Å². The maximum atomic E-state index is 5.80. The van der Waals surface area contributed by atoms with Crippen LogP contribution in [-0.2, 0) is 15.9 Å². The average Bonchev–Trinajstić information content (AvgIpc) is 2.64. The summed E-state index contributed by atoms with van der Waals surface area (Å²) in [5.74, 6) is 0.759. The largest absolute Gasteiger partial charge is 0.462 e. The lowest BCUT2D eigenvalue weighted by molar-refractivity contribution is 0.0791. The van der Waals surface area contributed by atoms with Crippen molar-refractivity contribution in [1.82, 2.24) is 0 Å². The molecule has 4 heteroatoms. The van der Waals surface area contributed by atoms with Crippen molar-refractivity contribution < 1.29 is 9.47 Å². The Morgan fingerprint density at radius 2 is 1.93 bits per heavy atom. The number of rotatable bonds is 2. The van der Waals surface area contributed by atoms with Crippen LogP contribution in [0.4, 0.5) is 11.4 Å². The fraction of sp³-hybridized carbons (Fsp3) is 0.200. The zero-order valence-electron chi connectivity index (χ0n) is 7.69. The molecule has 0 unspecified atom stereocenters. The zero-order valence-corrected chi connectivity index (χ0v) is 7.69. The number of nitrogen functional groups attached to an aromatic ring is 2. The summed E-state index contributed by atoms with van der Waals surface area (Å²) in [5.41, 5.74) is 13.8. The van der Waals surface area contributed by atoms with Gasteiger partial charge in [-0.1, -0.05) is 6.07 Å². The zero-order chi connectivity index (χ0) is 9.97. The number of anilines is 2. The fourth-order valence-electron chi connectivity index (χ4n) is 1.37. The van der Waals surface area contributed by atoms with Crippen LogP contribution in [0.1, 0.15) is 5.56 Å². The molecule has 0 bridgehead atoms. The summed E-state index contributed by atoms with van der Waals surface area (Å²) in [6, 6.07) is 5.47. The van der Waals surface area contributed by atoms with Crippen molar-refractivity contribution in [3.8, 4) is 0 Å². The van der Waals surface area contributed by atoms with Crippen LogP contribution in [0.3, 0.4) is 0 Å². The van der Waals surface area contributed by atoms with Gasteiger partial charge in [0.15, 0.2) is 0 Å². The molecule has 2 rings (SSSR count). The van der Waals surface area contributed by atoms with Gasteiger partial charge in [0.05, 0.1) is 0 Å². The number of benzene rings is 1. The molecule has 14 heavy (non-hydrogen) atoms. The first-order valence-corrected chi connectivity index (χ1v) is 4.33. The van der Waals surface area contributed by atoms with Crippen LogP contribution in [-0.4, -0.2) is 6.79 Å². The van der Waals surface area contributed by atoms with Crippen molar-refractivity contribution in [2.24, 2.45) is 0 Å². The van der Waals surface area contributed by atoms with Gasteiger partial charge in [-0.25, -0.2) is 0 Å². The summed E-state index contributed by atoms with van der Waals surface area (Å²) in [5, 5.41) is 0. The molecule has 1 aliphatic rings. The van der Waals surface area contributed by atoms with Gasteiger partial charge in [0.25, 0.3) is 0 Å². The molecule has 1 heterocycles. The Morgan fingerprint density at radius 1 is 1.21 bits per heavy atom. The third-order valence-electron chi connectivity index (χ3n) is 2.13. The second-order valence-corrected chi connectivity index (χ2v) is 3.10. The van der Waals surface area contributed by atoms with E-state index < -0.39 is 0 Å². The molecule has 0 saturated carbocycles. The Balaban J connectivity index is 2.23. The second-order valence-electron chi connectivity index (χ2n) is 3.10. The predicted molar refractivity (Wildman–Crippen MR) is 54.1 cm³/mol. The first kappa shape index (κ1) is 8.74.